The maximum Gasteiger partial charge on any atom is 0.246 e. The van der Waals surface area contributed by atoms with Gasteiger partial charge in [0.1, 0.15) is 23.5 Å². The molecule has 0 radical (unpaired) electrons. The Morgan fingerprint density at radius 3 is 2.83 bits per heavy atom. The van der Waals surface area contributed by atoms with Crippen LogP contribution < -0.4 is 15.8 Å². The summed E-state index contributed by atoms with van der Waals surface area (Å²) < 4.78 is 7.88. The molecule has 2 aromatic carbocycles. The number of ether oxygens (including phenoxy) is 1. The van der Waals surface area contributed by atoms with Crippen LogP contribution in [0.3, 0.4) is 0 Å². The summed E-state index contributed by atoms with van der Waals surface area (Å²) in [5, 5.41) is 3.38. The van der Waals surface area contributed by atoms with Gasteiger partial charge >= 0.3 is 0 Å². The molecule has 0 fully saturated rings. The molecule has 0 spiro atoms. The molecular weight excluding hydrogens is 436 g/mol. The Balaban J connectivity index is 1.87. The van der Waals surface area contributed by atoms with Crippen molar-refractivity contribution < 1.29 is 4.74 Å². The molecule has 0 unspecified atom stereocenters. The van der Waals surface area contributed by atoms with Crippen molar-refractivity contribution in [2.45, 2.75) is 6.54 Å². The van der Waals surface area contributed by atoms with Crippen molar-refractivity contribution in [3.8, 4) is 22.9 Å². The Bertz CT molecular complexity index is 926. The van der Waals surface area contributed by atoms with E-state index in [2.05, 4.69) is 47.1 Å². The zero-order valence-corrected chi connectivity index (χ0v) is 15.6. The minimum atomic E-state index is 0.483. The smallest absolute Gasteiger partial charge is 0.246 e. The quantitative estimate of drug-likeness (QED) is 0.515. The zero-order valence-electron chi connectivity index (χ0n) is 12.4. The third-order valence-electron chi connectivity index (χ3n) is 3.78. The summed E-state index contributed by atoms with van der Waals surface area (Å²) in [7, 11) is 0. The lowest BCUT2D eigenvalue weighted by Crippen LogP contribution is -2.03. The number of fused-ring (bicyclic) bond motifs is 2. The minimum absolute atomic E-state index is 0.483. The fraction of sp³-hybridized carbons (Fsp3) is 0.0588. The standard InChI is InChI=1S/C17H12Br2N4O/c18-10-4-5-13-9(6-10)7-21-16-15(22-8-23-17(16)24-13)14-11(19)2-1-3-12(14)20/h1-6,8,21H,7,20H2. The highest BCUT2D eigenvalue weighted by Crippen LogP contribution is 2.43. The van der Waals surface area contributed by atoms with Gasteiger partial charge in [-0.1, -0.05) is 37.9 Å². The van der Waals surface area contributed by atoms with Crippen molar-refractivity contribution in [3.63, 3.8) is 0 Å². The van der Waals surface area contributed by atoms with Crippen LogP contribution in [0, 0.1) is 0 Å². The maximum absolute atomic E-state index is 6.16. The third-order valence-corrected chi connectivity index (χ3v) is 4.93. The van der Waals surface area contributed by atoms with E-state index in [9.17, 15) is 0 Å². The first-order chi connectivity index (χ1) is 11.6. The van der Waals surface area contributed by atoms with Gasteiger partial charge in [-0.25, -0.2) is 4.98 Å². The summed E-state index contributed by atoms with van der Waals surface area (Å²) in [5.74, 6) is 1.26. The summed E-state index contributed by atoms with van der Waals surface area (Å²) in [5.41, 5.74) is 10.1. The summed E-state index contributed by atoms with van der Waals surface area (Å²) in [6.07, 6.45) is 1.48. The number of halogens is 2. The molecule has 0 atom stereocenters. The SMILES string of the molecule is Nc1cccc(Br)c1-c1ncnc2c1NCc1cc(Br)ccc1O2. The largest absolute Gasteiger partial charge is 0.437 e. The molecule has 1 aliphatic rings. The first-order valence-electron chi connectivity index (χ1n) is 7.23. The maximum atomic E-state index is 6.16. The molecule has 24 heavy (non-hydrogen) atoms. The number of benzene rings is 2. The van der Waals surface area contributed by atoms with Crippen LogP contribution in [-0.2, 0) is 6.54 Å². The molecule has 3 aromatic rings. The van der Waals surface area contributed by atoms with E-state index in [4.69, 9.17) is 10.5 Å². The number of hydrogen-bond acceptors (Lipinski definition) is 5. The monoisotopic (exact) mass is 446 g/mol. The number of aromatic nitrogens is 2. The van der Waals surface area contributed by atoms with Crippen molar-refractivity contribution in [1.29, 1.82) is 0 Å². The lowest BCUT2D eigenvalue weighted by atomic mass is 10.1. The van der Waals surface area contributed by atoms with Crippen molar-refractivity contribution >= 4 is 43.2 Å². The van der Waals surface area contributed by atoms with Crippen molar-refractivity contribution in [2.24, 2.45) is 0 Å². The lowest BCUT2D eigenvalue weighted by molar-refractivity contribution is 0.463. The van der Waals surface area contributed by atoms with Gasteiger partial charge < -0.3 is 15.8 Å². The van der Waals surface area contributed by atoms with Crippen LogP contribution in [0.25, 0.3) is 11.3 Å². The molecule has 0 bridgehead atoms. The summed E-state index contributed by atoms with van der Waals surface area (Å²) in [6.45, 7) is 0.604. The Morgan fingerprint density at radius 2 is 2.00 bits per heavy atom. The van der Waals surface area contributed by atoms with E-state index >= 15 is 0 Å². The van der Waals surface area contributed by atoms with Gasteiger partial charge in [-0.3, -0.25) is 0 Å². The van der Waals surface area contributed by atoms with E-state index < -0.39 is 0 Å². The molecule has 7 heteroatoms. The van der Waals surface area contributed by atoms with E-state index in [0.29, 0.717) is 23.8 Å². The Labute approximate surface area is 155 Å². The Kier molecular flexibility index (Phi) is 3.90. The fourth-order valence-corrected chi connectivity index (χ4v) is 3.64. The molecule has 0 saturated heterocycles. The number of rotatable bonds is 1. The number of anilines is 2. The molecule has 5 nitrogen and oxygen atoms in total. The number of nitrogens with two attached hydrogens (primary N) is 1. The third kappa shape index (κ3) is 2.63. The molecule has 0 aliphatic carbocycles. The fourth-order valence-electron chi connectivity index (χ4n) is 2.66. The topological polar surface area (TPSA) is 73.1 Å². The molecule has 1 aromatic heterocycles. The van der Waals surface area contributed by atoms with Crippen LogP contribution in [0.15, 0.2) is 51.7 Å². The molecule has 0 saturated carbocycles. The van der Waals surface area contributed by atoms with E-state index in [1.165, 1.54) is 6.33 Å². The van der Waals surface area contributed by atoms with Gasteiger partial charge in [0.25, 0.3) is 0 Å². The second-order valence-electron chi connectivity index (χ2n) is 5.31. The van der Waals surface area contributed by atoms with Crippen LogP contribution in [-0.4, -0.2) is 9.97 Å². The van der Waals surface area contributed by atoms with Crippen LogP contribution in [0.4, 0.5) is 11.4 Å². The molecule has 1 aliphatic heterocycles. The predicted molar refractivity (Wildman–Crippen MR) is 101 cm³/mol. The minimum Gasteiger partial charge on any atom is -0.437 e. The van der Waals surface area contributed by atoms with Crippen LogP contribution in [0.1, 0.15) is 5.56 Å². The van der Waals surface area contributed by atoms with E-state index in [0.717, 1.165) is 31.5 Å². The number of hydrogen-bond donors (Lipinski definition) is 2. The average Bonchev–Trinajstić information content (AvgIpc) is 2.74. The summed E-state index contributed by atoms with van der Waals surface area (Å²) >= 11 is 7.04. The molecule has 120 valence electrons. The van der Waals surface area contributed by atoms with E-state index in [1.54, 1.807) is 0 Å². The number of nitrogens with one attached hydrogen (secondary N) is 1. The van der Waals surface area contributed by atoms with Crippen LogP contribution >= 0.6 is 31.9 Å². The van der Waals surface area contributed by atoms with Crippen molar-refractivity contribution in [3.05, 3.63) is 57.2 Å². The average molecular weight is 448 g/mol. The molecule has 0 amide bonds. The number of nitrogens with zero attached hydrogens (tertiary/aromatic N) is 2. The van der Waals surface area contributed by atoms with Crippen molar-refractivity contribution in [2.75, 3.05) is 11.1 Å². The van der Waals surface area contributed by atoms with Gasteiger partial charge in [0, 0.05) is 32.3 Å². The first-order valence-corrected chi connectivity index (χ1v) is 8.81. The Morgan fingerprint density at radius 1 is 1.12 bits per heavy atom. The van der Waals surface area contributed by atoms with Gasteiger partial charge in [0.15, 0.2) is 0 Å². The number of nitrogen functional groups attached to an aromatic ring is 1. The second-order valence-corrected chi connectivity index (χ2v) is 7.08. The second kappa shape index (κ2) is 6.07. The molecule has 3 N–H and O–H groups in total. The molecular formula is C17H12Br2N4O. The predicted octanol–water partition coefficient (Wildman–Crippen LogP) is 4.97. The normalized spacial score (nSPS) is 12.4. The van der Waals surface area contributed by atoms with Crippen molar-refractivity contribution in [1.82, 2.24) is 9.97 Å². The highest BCUT2D eigenvalue weighted by Gasteiger charge is 2.22. The summed E-state index contributed by atoms with van der Waals surface area (Å²) in [4.78, 5) is 8.72. The first kappa shape index (κ1) is 15.4. The van der Waals surface area contributed by atoms with Gasteiger partial charge in [-0.2, -0.15) is 4.98 Å². The van der Waals surface area contributed by atoms with Crippen LogP contribution in [0.2, 0.25) is 0 Å². The Hall–Kier alpha value is -2.12. The van der Waals surface area contributed by atoms with Gasteiger partial charge in [-0.15, -0.1) is 0 Å². The summed E-state index contributed by atoms with van der Waals surface area (Å²) in [6, 6.07) is 11.6. The van der Waals surface area contributed by atoms with E-state index in [-0.39, 0.29) is 0 Å². The highest BCUT2D eigenvalue weighted by atomic mass is 79.9. The van der Waals surface area contributed by atoms with Gasteiger partial charge in [0.05, 0.1) is 0 Å². The van der Waals surface area contributed by atoms with Gasteiger partial charge in [-0.05, 0) is 30.3 Å². The van der Waals surface area contributed by atoms with Crippen LogP contribution in [0.5, 0.6) is 11.6 Å². The highest BCUT2D eigenvalue weighted by molar-refractivity contribution is 9.10. The lowest BCUT2D eigenvalue weighted by Gasteiger charge is -2.14. The zero-order chi connectivity index (χ0) is 16.7. The molecule has 2 heterocycles. The molecule has 4 rings (SSSR count). The van der Waals surface area contributed by atoms with Gasteiger partial charge in [0.2, 0.25) is 5.88 Å². The van der Waals surface area contributed by atoms with E-state index in [1.807, 2.05) is 36.4 Å².